The Morgan fingerprint density at radius 3 is 2.56 bits per heavy atom. The molecule has 4 rings (SSSR count). The number of anilines is 1. The number of amides is 1. The summed E-state index contributed by atoms with van der Waals surface area (Å²) in [4.78, 5) is 29.8. The lowest BCUT2D eigenvalue weighted by Gasteiger charge is -2.10. The second-order valence-corrected chi connectivity index (χ2v) is 7.16. The quantitative estimate of drug-likeness (QED) is 0.462. The van der Waals surface area contributed by atoms with E-state index in [9.17, 15) is 14.9 Å². The second kappa shape index (κ2) is 8.74. The first kappa shape index (κ1) is 20.8. The molecule has 0 aliphatic carbocycles. The van der Waals surface area contributed by atoms with Crippen molar-refractivity contribution in [3.8, 4) is 17.3 Å². The fourth-order valence-corrected chi connectivity index (χ4v) is 3.32. The van der Waals surface area contributed by atoms with Gasteiger partial charge < -0.3 is 9.15 Å². The average Bonchev–Trinajstić information content (AvgIpc) is 3.09. The number of hydrogen-bond acceptors (Lipinski definition) is 6. The van der Waals surface area contributed by atoms with Crippen LogP contribution < -0.4 is 5.32 Å². The maximum atomic E-state index is 12.9. The molecular formula is C25H19N3O4. The molecule has 7 nitrogen and oxygen atoms in total. The van der Waals surface area contributed by atoms with Gasteiger partial charge in [-0.15, -0.1) is 0 Å². The molecule has 0 aliphatic rings. The summed E-state index contributed by atoms with van der Waals surface area (Å²) in [5, 5.41) is 12.4. The molecular weight excluding hydrogens is 406 g/mol. The molecule has 0 saturated heterocycles. The van der Waals surface area contributed by atoms with E-state index in [0.717, 1.165) is 5.56 Å². The van der Waals surface area contributed by atoms with Crippen molar-refractivity contribution < 1.29 is 18.7 Å². The van der Waals surface area contributed by atoms with Crippen molar-refractivity contribution in [3.63, 3.8) is 0 Å². The standard InChI is InChI=1S/C25H19N3O4/c1-15-16(2)32-24(20(15)13-26)28-23(29)14-31-25(30)19-12-22(17-8-4-3-5-9-17)27-21-11-7-6-10-18(19)21/h3-12H,14H2,1-2H3,(H,28,29). The van der Waals surface area contributed by atoms with E-state index in [0.29, 0.717) is 33.5 Å². The van der Waals surface area contributed by atoms with Crippen LogP contribution in [0, 0.1) is 25.2 Å². The first-order chi connectivity index (χ1) is 15.5. The monoisotopic (exact) mass is 425 g/mol. The number of para-hydroxylation sites is 1. The zero-order valence-corrected chi connectivity index (χ0v) is 17.5. The summed E-state index contributed by atoms with van der Waals surface area (Å²) in [7, 11) is 0. The summed E-state index contributed by atoms with van der Waals surface area (Å²) >= 11 is 0. The van der Waals surface area contributed by atoms with E-state index >= 15 is 0 Å². The zero-order valence-electron chi connectivity index (χ0n) is 17.5. The van der Waals surface area contributed by atoms with Crippen LogP contribution in [-0.2, 0) is 9.53 Å². The maximum absolute atomic E-state index is 12.9. The van der Waals surface area contributed by atoms with Crippen LogP contribution in [0.15, 0.2) is 65.1 Å². The van der Waals surface area contributed by atoms with Crippen LogP contribution in [0.3, 0.4) is 0 Å². The van der Waals surface area contributed by atoms with Gasteiger partial charge >= 0.3 is 5.97 Å². The molecule has 2 heterocycles. The molecule has 2 aromatic carbocycles. The van der Waals surface area contributed by atoms with Crippen LogP contribution >= 0.6 is 0 Å². The Morgan fingerprint density at radius 1 is 1.09 bits per heavy atom. The van der Waals surface area contributed by atoms with E-state index < -0.39 is 18.5 Å². The van der Waals surface area contributed by atoms with E-state index in [4.69, 9.17) is 9.15 Å². The number of hydrogen-bond donors (Lipinski definition) is 1. The van der Waals surface area contributed by atoms with Gasteiger partial charge in [-0.1, -0.05) is 48.5 Å². The Labute approximate surface area is 184 Å². The number of aromatic nitrogens is 1. The highest BCUT2D eigenvalue weighted by Gasteiger charge is 2.19. The van der Waals surface area contributed by atoms with Crippen molar-refractivity contribution in [1.82, 2.24) is 4.98 Å². The van der Waals surface area contributed by atoms with Crippen molar-refractivity contribution in [1.29, 1.82) is 5.26 Å². The molecule has 0 spiro atoms. The smallest absolute Gasteiger partial charge is 0.339 e. The van der Waals surface area contributed by atoms with Gasteiger partial charge in [-0.3, -0.25) is 10.1 Å². The number of furan rings is 1. The van der Waals surface area contributed by atoms with Crippen molar-refractivity contribution in [2.75, 3.05) is 11.9 Å². The maximum Gasteiger partial charge on any atom is 0.339 e. The number of pyridine rings is 1. The summed E-state index contributed by atoms with van der Waals surface area (Å²) in [5.41, 5.74) is 3.33. The van der Waals surface area contributed by atoms with Gasteiger partial charge in [0.15, 0.2) is 6.61 Å². The fourth-order valence-electron chi connectivity index (χ4n) is 3.32. The third-order valence-corrected chi connectivity index (χ3v) is 5.09. The highest BCUT2D eigenvalue weighted by atomic mass is 16.5. The molecule has 0 radical (unpaired) electrons. The molecule has 0 fully saturated rings. The first-order valence-corrected chi connectivity index (χ1v) is 9.90. The van der Waals surface area contributed by atoms with E-state index in [1.165, 1.54) is 0 Å². The van der Waals surface area contributed by atoms with Crippen LogP contribution in [0.4, 0.5) is 5.88 Å². The van der Waals surface area contributed by atoms with Crippen LogP contribution in [-0.4, -0.2) is 23.5 Å². The second-order valence-electron chi connectivity index (χ2n) is 7.16. The molecule has 0 atom stereocenters. The SMILES string of the molecule is Cc1oc(NC(=O)COC(=O)c2cc(-c3ccccc3)nc3ccccc23)c(C#N)c1C. The molecule has 0 saturated carbocycles. The normalized spacial score (nSPS) is 10.5. The van der Waals surface area contributed by atoms with Gasteiger partial charge in [0.25, 0.3) is 5.91 Å². The predicted molar refractivity (Wildman–Crippen MR) is 119 cm³/mol. The van der Waals surface area contributed by atoms with E-state index in [1.807, 2.05) is 48.5 Å². The van der Waals surface area contributed by atoms with Crippen molar-refractivity contribution in [2.24, 2.45) is 0 Å². The molecule has 1 N–H and O–H groups in total. The van der Waals surface area contributed by atoms with Crippen LogP contribution in [0.2, 0.25) is 0 Å². The number of aryl methyl sites for hydroxylation is 1. The summed E-state index contributed by atoms with van der Waals surface area (Å²) < 4.78 is 10.7. The highest BCUT2D eigenvalue weighted by molar-refractivity contribution is 6.05. The molecule has 4 aromatic rings. The Kier molecular flexibility index (Phi) is 5.69. The number of nitrogens with one attached hydrogen (secondary N) is 1. The number of carbonyl (C=O) groups is 2. The largest absolute Gasteiger partial charge is 0.452 e. The van der Waals surface area contributed by atoms with E-state index in [-0.39, 0.29) is 11.4 Å². The lowest BCUT2D eigenvalue weighted by atomic mass is 10.0. The number of nitrogens with zero attached hydrogens (tertiary/aromatic N) is 2. The first-order valence-electron chi connectivity index (χ1n) is 9.90. The van der Waals surface area contributed by atoms with Gasteiger partial charge in [-0.2, -0.15) is 5.26 Å². The average molecular weight is 425 g/mol. The predicted octanol–water partition coefficient (Wildman–Crippen LogP) is 4.78. The molecule has 2 aromatic heterocycles. The van der Waals surface area contributed by atoms with Crippen LogP contribution in [0.25, 0.3) is 22.2 Å². The number of carbonyl (C=O) groups excluding carboxylic acids is 2. The van der Waals surface area contributed by atoms with Gasteiger partial charge in [-0.05, 0) is 26.0 Å². The Balaban J connectivity index is 1.56. The number of ether oxygens (including phenoxy) is 1. The van der Waals surface area contributed by atoms with Crippen LogP contribution in [0.5, 0.6) is 0 Å². The summed E-state index contributed by atoms with van der Waals surface area (Å²) in [6.45, 7) is 2.90. The van der Waals surface area contributed by atoms with E-state index in [1.54, 1.807) is 32.0 Å². The minimum absolute atomic E-state index is 0.0456. The Bertz CT molecular complexity index is 1370. The molecule has 32 heavy (non-hydrogen) atoms. The minimum Gasteiger partial charge on any atom is -0.452 e. The number of esters is 1. The lowest BCUT2D eigenvalue weighted by Crippen LogP contribution is -2.21. The number of fused-ring (bicyclic) bond motifs is 1. The lowest BCUT2D eigenvalue weighted by molar-refractivity contribution is -0.119. The van der Waals surface area contributed by atoms with Gasteiger partial charge in [0, 0.05) is 16.5 Å². The molecule has 7 heteroatoms. The summed E-state index contributed by atoms with van der Waals surface area (Å²) in [6.07, 6.45) is 0. The fraction of sp³-hybridized carbons (Fsp3) is 0.120. The summed E-state index contributed by atoms with van der Waals surface area (Å²) in [5.74, 6) is -0.677. The summed E-state index contributed by atoms with van der Waals surface area (Å²) in [6, 6.07) is 20.4. The number of rotatable bonds is 5. The van der Waals surface area contributed by atoms with Gasteiger partial charge in [0.05, 0.1) is 16.8 Å². The minimum atomic E-state index is -0.650. The Morgan fingerprint density at radius 2 is 1.81 bits per heavy atom. The highest BCUT2D eigenvalue weighted by Crippen LogP contribution is 2.26. The topological polar surface area (TPSA) is 105 Å². The van der Waals surface area contributed by atoms with Gasteiger partial charge in [0.1, 0.15) is 17.4 Å². The molecule has 0 aliphatic heterocycles. The van der Waals surface area contributed by atoms with Gasteiger partial charge in [-0.25, -0.2) is 9.78 Å². The molecule has 158 valence electrons. The number of benzene rings is 2. The molecule has 0 unspecified atom stereocenters. The van der Waals surface area contributed by atoms with Crippen molar-refractivity contribution in [3.05, 3.63) is 83.1 Å². The van der Waals surface area contributed by atoms with Crippen molar-refractivity contribution >= 4 is 28.7 Å². The van der Waals surface area contributed by atoms with E-state index in [2.05, 4.69) is 10.3 Å². The number of nitriles is 1. The molecule has 1 amide bonds. The zero-order chi connectivity index (χ0) is 22.7. The van der Waals surface area contributed by atoms with Gasteiger partial charge in [0.2, 0.25) is 5.88 Å². The third-order valence-electron chi connectivity index (χ3n) is 5.09. The third kappa shape index (κ3) is 4.07. The molecule has 0 bridgehead atoms. The van der Waals surface area contributed by atoms with Crippen LogP contribution in [0.1, 0.15) is 27.2 Å². The Hall–Kier alpha value is -4.44. The van der Waals surface area contributed by atoms with Crippen molar-refractivity contribution in [2.45, 2.75) is 13.8 Å².